The average molecular weight is 506 g/mol. The van der Waals surface area contributed by atoms with E-state index in [0.29, 0.717) is 0 Å². The van der Waals surface area contributed by atoms with Crippen molar-refractivity contribution >= 4 is 34.3 Å². The Balaban J connectivity index is 1.81. The lowest BCUT2D eigenvalue weighted by Crippen LogP contribution is -2.34. The number of hydrogen-bond donors (Lipinski definition) is 4. The number of phenolic OH excluding ortho intramolecular Hbond substituents is 1. The Hall–Kier alpha value is -4.31. The number of aromatic amines is 1. The minimum absolute atomic E-state index is 0.0361. The third-order valence-electron chi connectivity index (χ3n) is 5.62. The summed E-state index contributed by atoms with van der Waals surface area (Å²) in [7, 11) is 3.16. The molecule has 0 aliphatic carbocycles. The van der Waals surface area contributed by atoms with Gasteiger partial charge in [-0.3, -0.25) is 19.5 Å². The van der Waals surface area contributed by atoms with Gasteiger partial charge in [-0.15, -0.1) is 11.3 Å². The van der Waals surface area contributed by atoms with Gasteiger partial charge < -0.3 is 20.6 Å². The lowest BCUT2D eigenvalue weighted by molar-refractivity contribution is 0.0824. The maximum atomic E-state index is 13.6. The maximum Gasteiger partial charge on any atom is 0.291 e. The summed E-state index contributed by atoms with van der Waals surface area (Å²) in [4.78, 5) is 41.6. The summed E-state index contributed by atoms with van der Waals surface area (Å²) in [5, 5.41) is 21.5. The van der Waals surface area contributed by atoms with Gasteiger partial charge >= 0.3 is 0 Å². The first kappa shape index (κ1) is 24.8. The van der Waals surface area contributed by atoms with Gasteiger partial charge in [-0.05, 0) is 36.1 Å². The lowest BCUT2D eigenvalue weighted by atomic mass is 10.1. The first-order valence-corrected chi connectivity index (χ1v) is 12.2. The van der Waals surface area contributed by atoms with E-state index in [-0.39, 0.29) is 41.0 Å². The van der Waals surface area contributed by atoms with E-state index in [2.05, 4.69) is 15.7 Å². The summed E-state index contributed by atoms with van der Waals surface area (Å²) in [5.41, 5.74) is 0.0241. The standard InChI is InChI=1S/C26H27N5O4S/c1-16(20-13-8-14-36-20)27-21-22(28-19-12-7-11-18(23(19)32)25(34)30(2)3)26(35)31(29-24(21)33)15-17-9-5-4-6-10-17/h4-14,16,27-28,32H,15H2,1-3H3,(H,29,33)/t16-/m1/s1. The molecule has 0 aliphatic heterocycles. The van der Waals surface area contributed by atoms with Gasteiger partial charge in [0.2, 0.25) is 0 Å². The molecule has 0 saturated carbocycles. The Morgan fingerprint density at radius 3 is 2.47 bits per heavy atom. The van der Waals surface area contributed by atoms with Crippen LogP contribution in [0.15, 0.2) is 75.6 Å². The average Bonchev–Trinajstić information content (AvgIpc) is 3.41. The second-order valence-electron chi connectivity index (χ2n) is 8.48. The number of nitrogens with one attached hydrogen (secondary N) is 3. The molecule has 0 saturated heterocycles. The maximum absolute atomic E-state index is 13.6. The highest BCUT2D eigenvalue weighted by Gasteiger charge is 2.21. The molecule has 0 bridgehead atoms. The van der Waals surface area contributed by atoms with Crippen LogP contribution in [0.1, 0.15) is 33.8 Å². The molecular weight excluding hydrogens is 478 g/mol. The van der Waals surface area contributed by atoms with Crippen molar-refractivity contribution in [3.8, 4) is 5.75 Å². The molecule has 0 fully saturated rings. The van der Waals surface area contributed by atoms with Gasteiger partial charge in [0.15, 0.2) is 5.75 Å². The van der Waals surface area contributed by atoms with Gasteiger partial charge in [-0.25, -0.2) is 4.68 Å². The SMILES string of the molecule is C[C@@H](Nc1c(Nc2cccc(C(=O)N(C)C)c2O)c(=O)n(Cc2ccccc2)[nH]c1=O)c1cccs1. The molecule has 9 nitrogen and oxygen atoms in total. The molecule has 4 aromatic rings. The number of thiophene rings is 1. The van der Waals surface area contributed by atoms with Crippen molar-refractivity contribution in [2.75, 3.05) is 24.7 Å². The largest absolute Gasteiger partial charge is 0.505 e. The van der Waals surface area contributed by atoms with Crippen LogP contribution in [0.25, 0.3) is 0 Å². The van der Waals surface area contributed by atoms with E-state index in [1.54, 1.807) is 20.2 Å². The van der Waals surface area contributed by atoms with Gasteiger partial charge in [0.1, 0.15) is 11.4 Å². The monoisotopic (exact) mass is 505 g/mol. The van der Waals surface area contributed by atoms with Crippen LogP contribution in [0.2, 0.25) is 0 Å². The minimum atomic E-state index is -0.503. The van der Waals surface area contributed by atoms with E-state index in [1.807, 2.05) is 54.8 Å². The summed E-state index contributed by atoms with van der Waals surface area (Å²) in [5.74, 6) is -0.712. The number of rotatable bonds is 8. The molecule has 0 spiro atoms. The van der Waals surface area contributed by atoms with E-state index in [4.69, 9.17) is 0 Å². The number of benzene rings is 2. The summed E-state index contributed by atoms with van der Waals surface area (Å²) in [6, 6.07) is 17.5. The van der Waals surface area contributed by atoms with Crippen LogP contribution in [0.4, 0.5) is 17.1 Å². The quantitative estimate of drug-likeness (QED) is 0.269. The Labute approximate surface area is 211 Å². The topological polar surface area (TPSA) is 119 Å². The molecule has 2 aromatic carbocycles. The van der Waals surface area contributed by atoms with Gasteiger partial charge in [0, 0.05) is 19.0 Å². The number of aromatic nitrogens is 2. The van der Waals surface area contributed by atoms with Crippen LogP contribution < -0.4 is 21.8 Å². The molecule has 4 N–H and O–H groups in total. The van der Waals surface area contributed by atoms with E-state index in [9.17, 15) is 19.5 Å². The zero-order chi connectivity index (χ0) is 25.8. The van der Waals surface area contributed by atoms with Crippen molar-refractivity contribution in [3.05, 3.63) is 103 Å². The lowest BCUT2D eigenvalue weighted by Gasteiger charge is -2.19. The molecule has 0 aliphatic rings. The number of para-hydroxylation sites is 1. The Bertz CT molecular complexity index is 1480. The Morgan fingerprint density at radius 2 is 1.81 bits per heavy atom. The fourth-order valence-corrected chi connectivity index (χ4v) is 4.47. The van der Waals surface area contributed by atoms with Crippen LogP contribution in [0, 0.1) is 0 Å². The van der Waals surface area contributed by atoms with Crippen LogP contribution in [0.3, 0.4) is 0 Å². The summed E-state index contributed by atoms with van der Waals surface area (Å²) >= 11 is 1.52. The zero-order valence-corrected chi connectivity index (χ0v) is 20.9. The third kappa shape index (κ3) is 5.18. The number of carbonyl (C=O) groups is 1. The number of H-pyrrole nitrogens is 1. The normalized spacial score (nSPS) is 11.6. The fourth-order valence-electron chi connectivity index (χ4n) is 3.73. The summed E-state index contributed by atoms with van der Waals surface area (Å²) < 4.78 is 1.22. The first-order valence-electron chi connectivity index (χ1n) is 11.3. The van der Waals surface area contributed by atoms with Crippen LogP contribution in [0.5, 0.6) is 5.75 Å². The Kier molecular flexibility index (Phi) is 7.25. The van der Waals surface area contributed by atoms with Crippen molar-refractivity contribution in [3.63, 3.8) is 0 Å². The van der Waals surface area contributed by atoms with Crippen molar-refractivity contribution in [2.24, 2.45) is 0 Å². The number of hydrogen-bond acceptors (Lipinski definition) is 7. The van der Waals surface area contributed by atoms with Crippen molar-refractivity contribution in [1.29, 1.82) is 0 Å². The van der Waals surface area contributed by atoms with Crippen molar-refractivity contribution < 1.29 is 9.90 Å². The molecule has 0 unspecified atom stereocenters. The van der Waals surface area contributed by atoms with Crippen LogP contribution in [-0.2, 0) is 6.54 Å². The molecule has 2 aromatic heterocycles. The van der Waals surface area contributed by atoms with E-state index in [1.165, 1.54) is 33.1 Å². The fraction of sp³-hybridized carbons (Fsp3) is 0.192. The zero-order valence-electron chi connectivity index (χ0n) is 20.1. The number of nitrogens with zero attached hydrogens (tertiary/aromatic N) is 2. The second kappa shape index (κ2) is 10.5. The van der Waals surface area contributed by atoms with Gasteiger partial charge in [-0.2, -0.15) is 0 Å². The molecule has 186 valence electrons. The highest BCUT2D eigenvalue weighted by molar-refractivity contribution is 7.10. The summed E-state index contributed by atoms with van der Waals surface area (Å²) in [6.07, 6.45) is 0. The van der Waals surface area contributed by atoms with E-state index in [0.717, 1.165) is 10.4 Å². The van der Waals surface area contributed by atoms with Crippen molar-refractivity contribution in [2.45, 2.75) is 19.5 Å². The van der Waals surface area contributed by atoms with Gasteiger partial charge in [0.05, 0.1) is 23.8 Å². The van der Waals surface area contributed by atoms with Crippen molar-refractivity contribution in [1.82, 2.24) is 14.7 Å². The van der Waals surface area contributed by atoms with Crippen LogP contribution >= 0.6 is 11.3 Å². The highest BCUT2D eigenvalue weighted by Crippen LogP contribution is 2.32. The van der Waals surface area contributed by atoms with E-state index >= 15 is 0 Å². The highest BCUT2D eigenvalue weighted by atomic mass is 32.1. The molecule has 1 amide bonds. The Morgan fingerprint density at radius 1 is 1.06 bits per heavy atom. The molecular formula is C26H27N5O4S. The first-order chi connectivity index (χ1) is 17.3. The predicted octanol–water partition coefficient (Wildman–Crippen LogP) is 3.97. The van der Waals surface area contributed by atoms with Gasteiger partial charge in [-0.1, -0.05) is 42.5 Å². The molecule has 36 heavy (non-hydrogen) atoms. The number of phenols is 1. The smallest absolute Gasteiger partial charge is 0.291 e. The van der Waals surface area contributed by atoms with Gasteiger partial charge in [0.25, 0.3) is 17.0 Å². The number of anilines is 3. The summed E-state index contributed by atoms with van der Waals surface area (Å²) in [6.45, 7) is 2.04. The molecule has 2 heterocycles. The minimum Gasteiger partial charge on any atom is -0.505 e. The van der Waals surface area contributed by atoms with E-state index < -0.39 is 17.0 Å². The van der Waals surface area contributed by atoms with Crippen LogP contribution in [-0.4, -0.2) is 39.8 Å². The molecule has 10 heteroatoms. The molecule has 1 atom stereocenters. The second-order valence-corrected chi connectivity index (χ2v) is 9.45. The number of amides is 1. The predicted molar refractivity (Wildman–Crippen MR) is 143 cm³/mol. The molecule has 4 rings (SSSR count). The third-order valence-corrected chi connectivity index (χ3v) is 6.67. The number of carbonyl (C=O) groups excluding carboxylic acids is 1. The molecule has 0 radical (unpaired) electrons. The number of aromatic hydroxyl groups is 1.